The van der Waals surface area contributed by atoms with Crippen LogP contribution in [0.4, 0.5) is 19.0 Å². The van der Waals surface area contributed by atoms with Gasteiger partial charge < -0.3 is 25.4 Å². The highest BCUT2D eigenvalue weighted by atomic mass is 19.4. The zero-order valence-corrected chi connectivity index (χ0v) is 23.0. The van der Waals surface area contributed by atoms with E-state index in [0.717, 1.165) is 62.4 Å². The summed E-state index contributed by atoms with van der Waals surface area (Å²) in [6.07, 6.45) is 0.819. The van der Waals surface area contributed by atoms with Crippen molar-refractivity contribution in [3.63, 3.8) is 0 Å². The summed E-state index contributed by atoms with van der Waals surface area (Å²) in [5.74, 6) is -1.49. The first-order chi connectivity index (χ1) is 19.0. The lowest BCUT2D eigenvalue weighted by atomic mass is 10.1. The van der Waals surface area contributed by atoms with Gasteiger partial charge in [0.1, 0.15) is 11.9 Å². The zero-order valence-electron chi connectivity index (χ0n) is 23.0. The average molecular weight is 566 g/mol. The van der Waals surface area contributed by atoms with Gasteiger partial charge in [-0.05, 0) is 82.7 Å². The Morgan fingerprint density at radius 1 is 1.18 bits per heavy atom. The first-order valence-corrected chi connectivity index (χ1v) is 13.7. The third-order valence-electron chi connectivity index (χ3n) is 6.63. The van der Waals surface area contributed by atoms with E-state index in [9.17, 15) is 27.9 Å². The molecule has 0 saturated carbocycles. The van der Waals surface area contributed by atoms with Gasteiger partial charge in [-0.25, -0.2) is 9.78 Å². The molecule has 3 rings (SSSR count). The van der Waals surface area contributed by atoms with Gasteiger partial charge in [-0.2, -0.15) is 13.2 Å². The molecule has 1 aliphatic rings. The lowest BCUT2D eigenvalue weighted by molar-refractivity contribution is -0.141. The maximum atomic E-state index is 13.3. The molecular formula is C28H38F3N5O4. The number of hydrogen-bond donors (Lipinski definition) is 3. The van der Waals surface area contributed by atoms with Crippen molar-refractivity contribution >= 4 is 17.7 Å². The van der Waals surface area contributed by atoms with Gasteiger partial charge >= 0.3 is 12.1 Å². The highest BCUT2D eigenvalue weighted by Gasteiger charge is 2.37. The molecule has 0 aliphatic carbocycles. The number of unbranched alkanes of at least 4 members (excludes halogenated alkanes) is 1. The van der Waals surface area contributed by atoms with Crippen molar-refractivity contribution in [1.29, 1.82) is 0 Å². The van der Waals surface area contributed by atoms with Crippen molar-refractivity contribution in [1.82, 2.24) is 20.2 Å². The predicted octanol–water partition coefficient (Wildman–Crippen LogP) is 4.18. The average Bonchev–Trinajstić information content (AvgIpc) is 2.91. The second-order valence-electron chi connectivity index (χ2n) is 10.1. The van der Waals surface area contributed by atoms with Gasteiger partial charge in [0.15, 0.2) is 5.69 Å². The van der Waals surface area contributed by atoms with Crippen molar-refractivity contribution in [3.8, 4) is 0 Å². The Labute approximate surface area is 232 Å². The Balaban J connectivity index is 1.56. The van der Waals surface area contributed by atoms with Crippen molar-refractivity contribution in [2.24, 2.45) is 0 Å². The molecule has 1 atom stereocenters. The number of alkyl halides is 3. The highest BCUT2D eigenvalue weighted by molar-refractivity contribution is 5.97. The van der Waals surface area contributed by atoms with E-state index in [1.165, 1.54) is 11.6 Å². The summed E-state index contributed by atoms with van der Waals surface area (Å²) in [5.41, 5.74) is 0.192. The molecular weight excluding hydrogens is 527 g/mol. The van der Waals surface area contributed by atoms with Crippen LogP contribution in [0.5, 0.6) is 0 Å². The second-order valence-corrected chi connectivity index (χ2v) is 10.1. The summed E-state index contributed by atoms with van der Waals surface area (Å²) in [4.78, 5) is 34.5. The molecule has 0 bridgehead atoms. The Morgan fingerprint density at radius 2 is 1.98 bits per heavy atom. The molecule has 1 unspecified atom stereocenters. The number of fused-ring (bicyclic) bond motifs is 1. The number of amides is 1. The number of aliphatic carboxylic acids is 1. The molecule has 3 heterocycles. The fourth-order valence-corrected chi connectivity index (χ4v) is 4.52. The first kappa shape index (κ1) is 31.3. The molecule has 40 heavy (non-hydrogen) atoms. The summed E-state index contributed by atoms with van der Waals surface area (Å²) < 4.78 is 45.5. The van der Waals surface area contributed by atoms with Crippen molar-refractivity contribution in [2.75, 3.05) is 38.1 Å². The number of anilines is 1. The van der Waals surface area contributed by atoms with Crippen LogP contribution in [0, 0.1) is 0 Å². The molecule has 0 radical (unpaired) electrons. The van der Waals surface area contributed by atoms with Gasteiger partial charge in [-0.15, -0.1) is 0 Å². The SMILES string of the molecule is CC(C)OCCN(CCCCc1ccc2c(n1)NCCC2)CCC(NC(=O)c1cccnc1C(F)(F)F)C(=O)O. The predicted molar refractivity (Wildman–Crippen MR) is 144 cm³/mol. The number of carboxylic acid groups (broad SMARTS) is 1. The Kier molecular flexibility index (Phi) is 11.7. The van der Waals surface area contributed by atoms with Crippen molar-refractivity contribution in [3.05, 3.63) is 53.0 Å². The van der Waals surface area contributed by atoms with Crippen LogP contribution in [-0.2, 0) is 28.5 Å². The molecule has 12 heteroatoms. The minimum Gasteiger partial charge on any atom is -0.480 e. The van der Waals surface area contributed by atoms with Crippen LogP contribution in [0.25, 0.3) is 0 Å². The molecule has 0 aromatic carbocycles. The van der Waals surface area contributed by atoms with Crippen LogP contribution >= 0.6 is 0 Å². The molecule has 2 aromatic rings. The number of hydrogen-bond acceptors (Lipinski definition) is 7. The molecule has 1 amide bonds. The van der Waals surface area contributed by atoms with Gasteiger partial charge in [0.05, 0.1) is 18.3 Å². The first-order valence-electron chi connectivity index (χ1n) is 13.7. The van der Waals surface area contributed by atoms with Gasteiger partial charge in [0.25, 0.3) is 5.91 Å². The monoisotopic (exact) mass is 565 g/mol. The summed E-state index contributed by atoms with van der Waals surface area (Å²) >= 11 is 0. The number of carbonyl (C=O) groups excluding carboxylic acids is 1. The van der Waals surface area contributed by atoms with E-state index >= 15 is 0 Å². The molecule has 0 spiro atoms. The molecule has 3 N–H and O–H groups in total. The number of halogens is 3. The van der Waals surface area contributed by atoms with Crippen LogP contribution in [0.2, 0.25) is 0 Å². The quantitative estimate of drug-likeness (QED) is 0.276. The van der Waals surface area contributed by atoms with Crippen LogP contribution in [0.15, 0.2) is 30.5 Å². The fourth-order valence-electron chi connectivity index (χ4n) is 4.52. The van der Waals surface area contributed by atoms with Gasteiger partial charge in [0.2, 0.25) is 0 Å². The number of ether oxygens (including phenoxy) is 1. The van der Waals surface area contributed by atoms with Gasteiger partial charge in [-0.1, -0.05) is 6.07 Å². The Hall–Kier alpha value is -3.25. The zero-order chi connectivity index (χ0) is 29.1. The van der Waals surface area contributed by atoms with E-state index in [1.807, 2.05) is 13.8 Å². The summed E-state index contributed by atoms with van der Waals surface area (Å²) in [6, 6.07) is 5.00. The number of aryl methyl sites for hydroxylation is 2. The van der Waals surface area contributed by atoms with Crippen molar-refractivity contribution < 1.29 is 32.6 Å². The molecule has 0 saturated heterocycles. The summed E-state index contributed by atoms with van der Waals surface area (Å²) in [6.45, 7) is 6.78. The highest BCUT2D eigenvalue weighted by Crippen LogP contribution is 2.30. The molecule has 2 aromatic heterocycles. The standard InChI is InChI=1S/C28H38F3N5O4/c1-19(2)40-18-17-36(15-4-3-8-21-11-10-20-7-5-14-33-25(20)34-21)16-12-23(27(38)39)35-26(37)22-9-6-13-32-24(22)28(29,30)31/h6,9-11,13,19,23H,3-5,7-8,12,14-18H2,1-2H3,(H,33,34)(H,35,37)(H,38,39). The lowest BCUT2D eigenvalue weighted by Gasteiger charge is -2.25. The number of carboxylic acids is 1. The van der Waals surface area contributed by atoms with E-state index in [0.29, 0.717) is 26.2 Å². The molecule has 220 valence electrons. The number of nitrogens with zero attached hydrogens (tertiary/aromatic N) is 3. The smallest absolute Gasteiger partial charge is 0.434 e. The second kappa shape index (κ2) is 14.9. The third kappa shape index (κ3) is 9.74. The van der Waals surface area contributed by atoms with E-state index in [-0.39, 0.29) is 12.5 Å². The van der Waals surface area contributed by atoms with E-state index in [4.69, 9.17) is 9.72 Å². The van der Waals surface area contributed by atoms with Crippen LogP contribution in [0.1, 0.15) is 66.8 Å². The number of pyridine rings is 2. The van der Waals surface area contributed by atoms with Crippen molar-refractivity contribution in [2.45, 2.75) is 70.7 Å². The number of carbonyl (C=O) groups is 2. The summed E-state index contributed by atoms with van der Waals surface area (Å²) in [7, 11) is 0. The topological polar surface area (TPSA) is 117 Å². The molecule has 9 nitrogen and oxygen atoms in total. The minimum absolute atomic E-state index is 0.0163. The maximum absolute atomic E-state index is 13.3. The van der Waals surface area contributed by atoms with E-state index in [2.05, 4.69) is 32.7 Å². The van der Waals surface area contributed by atoms with Crippen LogP contribution in [-0.4, -0.2) is 76.8 Å². The number of nitrogens with one attached hydrogen (secondary N) is 2. The number of rotatable bonds is 15. The van der Waals surface area contributed by atoms with Crippen LogP contribution in [0.3, 0.4) is 0 Å². The fraction of sp³-hybridized carbons (Fsp3) is 0.571. The Morgan fingerprint density at radius 3 is 2.70 bits per heavy atom. The molecule has 1 aliphatic heterocycles. The molecule has 0 fully saturated rings. The largest absolute Gasteiger partial charge is 0.480 e. The summed E-state index contributed by atoms with van der Waals surface area (Å²) in [5, 5.41) is 15.3. The minimum atomic E-state index is -4.84. The van der Waals surface area contributed by atoms with Gasteiger partial charge in [0, 0.05) is 31.5 Å². The normalized spacial score (nSPS) is 14.1. The van der Waals surface area contributed by atoms with Gasteiger partial charge in [-0.3, -0.25) is 9.78 Å². The number of aromatic nitrogens is 2. The maximum Gasteiger partial charge on any atom is 0.434 e. The lowest BCUT2D eigenvalue weighted by Crippen LogP contribution is -2.44. The Bertz CT molecular complexity index is 1130. The van der Waals surface area contributed by atoms with Crippen LogP contribution < -0.4 is 10.6 Å². The van der Waals surface area contributed by atoms with E-state index in [1.54, 1.807) is 0 Å². The van der Waals surface area contributed by atoms with E-state index < -0.39 is 35.4 Å². The third-order valence-corrected chi connectivity index (χ3v) is 6.63.